The Hall–Kier alpha value is -0.530. The molecule has 1 saturated heterocycles. The highest BCUT2D eigenvalue weighted by atomic mass is 35.5. The van der Waals surface area contributed by atoms with Gasteiger partial charge in [0.1, 0.15) is 0 Å². The van der Waals surface area contributed by atoms with Gasteiger partial charge >= 0.3 is 0 Å². The minimum atomic E-state index is 0.348. The van der Waals surface area contributed by atoms with Crippen LogP contribution in [0, 0.1) is 11.3 Å². The van der Waals surface area contributed by atoms with Crippen LogP contribution in [0.25, 0.3) is 0 Å². The fourth-order valence-electron chi connectivity index (χ4n) is 3.32. The molecule has 92 valence electrons. The Morgan fingerprint density at radius 1 is 1.18 bits per heavy atom. The maximum absolute atomic E-state index is 6.27. The first kappa shape index (κ1) is 11.6. The van der Waals surface area contributed by atoms with Gasteiger partial charge in [0.15, 0.2) is 0 Å². The Morgan fingerprint density at radius 2 is 1.88 bits per heavy atom. The number of rotatable bonds is 3. The lowest BCUT2D eigenvalue weighted by Crippen LogP contribution is -2.33. The van der Waals surface area contributed by atoms with Crippen molar-refractivity contribution in [1.29, 1.82) is 0 Å². The minimum Gasteiger partial charge on any atom is -0.381 e. The first-order valence-corrected chi connectivity index (χ1v) is 7.08. The number of hydrogen-bond acceptors (Lipinski definition) is 1. The van der Waals surface area contributed by atoms with Gasteiger partial charge in [-0.2, -0.15) is 0 Å². The van der Waals surface area contributed by atoms with Crippen LogP contribution >= 0.6 is 11.6 Å². The maximum atomic E-state index is 6.27. The van der Waals surface area contributed by atoms with Gasteiger partial charge < -0.3 is 4.74 Å². The summed E-state index contributed by atoms with van der Waals surface area (Å²) in [5.41, 5.74) is 1.84. The lowest BCUT2D eigenvalue weighted by atomic mass is 9.76. The van der Waals surface area contributed by atoms with Gasteiger partial charge in [-0.05, 0) is 42.1 Å². The zero-order valence-corrected chi connectivity index (χ0v) is 10.8. The summed E-state index contributed by atoms with van der Waals surface area (Å²) in [5.74, 6) is 2.32. The van der Waals surface area contributed by atoms with Gasteiger partial charge in [-0.3, -0.25) is 0 Å². The van der Waals surface area contributed by atoms with Crippen molar-refractivity contribution in [2.45, 2.75) is 25.2 Å². The van der Waals surface area contributed by atoms with Crippen molar-refractivity contribution in [3.05, 3.63) is 35.9 Å². The van der Waals surface area contributed by atoms with Crippen LogP contribution in [0.2, 0.25) is 0 Å². The largest absolute Gasteiger partial charge is 0.381 e. The van der Waals surface area contributed by atoms with E-state index in [1.807, 2.05) is 0 Å². The average molecular weight is 251 g/mol. The maximum Gasteiger partial charge on any atom is 0.0471 e. The summed E-state index contributed by atoms with van der Waals surface area (Å²) in [5, 5.41) is 0. The predicted octanol–water partition coefficient (Wildman–Crippen LogP) is 3.83. The van der Waals surface area contributed by atoms with Crippen LogP contribution in [0.5, 0.6) is 0 Å². The summed E-state index contributed by atoms with van der Waals surface area (Å²) < 4.78 is 5.49. The Labute approximate surface area is 108 Å². The van der Waals surface area contributed by atoms with Crippen LogP contribution in [0.15, 0.2) is 30.3 Å². The third-order valence-corrected chi connectivity index (χ3v) is 5.09. The van der Waals surface area contributed by atoms with Crippen molar-refractivity contribution in [3.8, 4) is 0 Å². The first-order valence-electron chi connectivity index (χ1n) is 6.54. The van der Waals surface area contributed by atoms with Crippen molar-refractivity contribution in [2.75, 3.05) is 19.1 Å². The number of alkyl halides is 1. The van der Waals surface area contributed by atoms with E-state index < -0.39 is 0 Å². The van der Waals surface area contributed by atoms with Gasteiger partial charge in [-0.15, -0.1) is 11.6 Å². The molecule has 2 aliphatic rings. The third-order valence-electron chi connectivity index (χ3n) is 4.56. The molecule has 0 bridgehead atoms. The van der Waals surface area contributed by atoms with Crippen molar-refractivity contribution in [2.24, 2.45) is 11.3 Å². The topological polar surface area (TPSA) is 9.23 Å². The van der Waals surface area contributed by atoms with E-state index in [2.05, 4.69) is 30.3 Å². The molecule has 2 heteroatoms. The standard InChI is InChI=1S/C15H19ClO/c16-11-15(6-8-17-9-7-15)14-10-13(14)12-4-2-1-3-5-12/h1-5,13-14H,6-11H2. The van der Waals surface area contributed by atoms with Crippen LogP contribution in [0.3, 0.4) is 0 Å². The number of halogens is 1. The highest BCUT2D eigenvalue weighted by Crippen LogP contribution is 2.60. The SMILES string of the molecule is ClCC1(C2CC2c2ccccc2)CCOCC1. The second-order valence-electron chi connectivity index (χ2n) is 5.47. The molecular weight excluding hydrogens is 232 g/mol. The molecule has 17 heavy (non-hydrogen) atoms. The first-order chi connectivity index (χ1) is 8.36. The fourth-order valence-corrected chi connectivity index (χ4v) is 3.79. The van der Waals surface area contributed by atoms with E-state index >= 15 is 0 Å². The third kappa shape index (κ3) is 2.11. The van der Waals surface area contributed by atoms with Crippen LogP contribution in [0.4, 0.5) is 0 Å². The van der Waals surface area contributed by atoms with Crippen molar-refractivity contribution >= 4 is 11.6 Å². The van der Waals surface area contributed by atoms with E-state index in [0.717, 1.165) is 43.8 Å². The Morgan fingerprint density at radius 3 is 2.53 bits per heavy atom. The zero-order valence-electron chi connectivity index (χ0n) is 10.1. The molecule has 2 atom stereocenters. The van der Waals surface area contributed by atoms with Crippen LogP contribution < -0.4 is 0 Å². The van der Waals surface area contributed by atoms with Crippen LogP contribution in [0.1, 0.15) is 30.7 Å². The van der Waals surface area contributed by atoms with E-state index in [1.165, 1.54) is 12.0 Å². The molecule has 1 nitrogen and oxygen atoms in total. The molecule has 1 aromatic carbocycles. The lowest BCUT2D eigenvalue weighted by Gasteiger charge is -2.36. The lowest BCUT2D eigenvalue weighted by molar-refractivity contribution is 0.0137. The number of hydrogen-bond donors (Lipinski definition) is 0. The molecule has 0 spiro atoms. The van der Waals surface area contributed by atoms with E-state index in [4.69, 9.17) is 16.3 Å². The van der Waals surface area contributed by atoms with Gasteiger partial charge in [-0.1, -0.05) is 30.3 Å². The Bertz CT molecular complexity index is 370. The van der Waals surface area contributed by atoms with Gasteiger partial charge in [0, 0.05) is 19.1 Å². The van der Waals surface area contributed by atoms with E-state index in [0.29, 0.717) is 5.41 Å². The summed E-state index contributed by atoms with van der Waals surface area (Å²) in [6.07, 6.45) is 3.60. The molecule has 3 rings (SSSR count). The van der Waals surface area contributed by atoms with Gasteiger partial charge in [0.2, 0.25) is 0 Å². The Balaban J connectivity index is 1.74. The summed E-state index contributed by atoms with van der Waals surface area (Å²) >= 11 is 6.27. The smallest absolute Gasteiger partial charge is 0.0471 e. The molecule has 2 fully saturated rings. The summed E-state index contributed by atoms with van der Waals surface area (Å²) in [6, 6.07) is 10.9. The molecule has 1 aliphatic carbocycles. The van der Waals surface area contributed by atoms with E-state index in [9.17, 15) is 0 Å². The Kier molecular flexibility index (Phi) is 3.14. The number of ether oxygens (including phenoxy) is 1. The quantitative estimate of drug-likeness (QED) is 0.741. The molecule has 0 aromatic heterocycles. The van der Waals surface area contributed by atoms with Crippen LogP contribution in [-0.2, 0) is 4.74 Å². The summed E-state index contributed by atoms with van der Waals surface area (Å²) in [7, 11) is 0. The minimum absolute atomic E-state index is 0.348. The monoisotopic (exact) mass is 250 g/mol. The van der Waals surface area contributed by atoms with Gasteiger partial charge in [0.25, 0.3) is 0 Å². The highest BCUT2D eigenvalue weighted by Gasteiger charge is 2.52. The van der Waals surface area contributed by atoms with Crippen molar-refractivity contribution in [3.63, 3.8) is 0 Å². The van der Waals surface area contributed by atoms with Crippen LogP contribution in [-0.4, -0.2) is 19.1 Å². The summed E-state index contributed by atoms with van der Waals surface area (Å²) in [6.45, 7) is 1.79. The molecule has 1 aliphatic heterocycles. The fraction of sp³-hybridized carbons (Fsp3) is 0.600. The second kappa shape index (κ2) is 4.62. The average Bonchev–Trinajstić information content (AvgIpc) is 3.21. The normalized spacial score (nSPS) is 31.1. The second-order valence-corrected chi connectivity index (χ2v) is 5.74. The summed E-state index contributed by atoms with van der Waals surface area (Å²) in [4.78, 5) is 0. The molecule has 0 amide bonds. The van der Waals surface area contributed by atoms with Crippen molar-refractivity contribution < 1.29 is 4.74 Å². The van der Waals surface area contributed by atoms with E-state index in [-0.39, 0.29) is 0 Å². The highest BCUT2D eigenvalue weighted by molar-refractivity contribution is 6.18. The molecule has 0 N–H and O–H groups in total. The molecule has 1 aromatic rings. The van der Waals surface area contributed by atoms with E-state index in [1.54, 1.807) is 0 Å². The molecule has 0 radical (unpaired) electrons. The number of benzene rings is 1. The molecular formula is C15H19ClO. The van der Waals surface area contributed by atoms with Gasteiger partial charge in [0.05, 0.1) is 0 Å². The molecule has 2 unspecified atom stereocenters. The van der Waals surface area contributed by atoms with Crippen molar-refractivity contribution in [1.82, 2.24) is 0 Å². The molecule has 1 saturated carbocycles. The zero-order chi connectivity index (χ0) is 11.7. The van der Waals surface area contributed by atoms with Gasteiger partial charge in [-0.25, -0.2) is 0 Å². The molecule has 1 heterocycles. The predicted molar refractivity (Wildman–Crippen MR) is 70.5 cm³/mol.